The van der Waals surface area contributed by atoms with Crippen LogP contribution >= 0.6 is 11.6 Å². The molecule has 0 unspecified atom stereocenters. The second kappa shape index (κ2) is 6.47. The summed E-state index contributed by atoms with van der Waals surface area (Å²) < 4.78 is 10.3. The van der Waals surface area contributed by atoms with E-state index in [1.165, 1.54) is 0 Å². The molecule has 2 aromatic carbocycles. The molecule has 4 nitrogen and oxygen atoms in total. The normalized spacial score (nSPS) is 10.1. The van der Waals surface area contributed by atoms with Gasteiger partial charge in [0.15, 0.2) is 0 Å². The maximum absolute atomic E-state index is 8.72. The zero-order chi connectivity index (χ0) is 13.7. The molecular weight excluding hydrogens is 266 g/mol. The lowest BCUT2D eigenvalue weighted by molar-refractivity contribution is 0.284. The first-order chi connectivity index (χ1) is 9.15. The van der Waals surface area contributed by atoms with Crippen molar-refractivity contribution in [2.45, 2.75) is 6.61 Å². The molecule has 0 aliphatic carbocycles. The predicted molar refractivity (Wildman–Crippen MR) is 73.0 cm³/mol. The van der Waals surface area contributed by atoms with Gasteiger partial charge in [0.05, 0.1) is 0 Å². The third-order valence-corrected chi connectivity index (χ3v) is 2.77. The summed E-state index contributed by atoms with van der Waals surface area (Å²) in [6.07, 6.45) is 0. The van der Waals surface area contributed by atoms with Crippen LogP contribution in [0.1, 0.15) is 5.56 Å². The van der Waals surface area contributed by atoms with Gasteiger partial charge in [-0.3, -0.25) is 0 Å². The topological polar surface area (TPSA) is 58.9 Å². The highest BCUT2D eigenvalue weighted by molar-refractivity contribution is 6.33. The summed E-state index contributed by atoms with van der Waals surface area (Å²) in [6, 6.07) is 14.0. The van der Waals surface area contributed by atoms with Crippen LogP contribution in [-0.2, 0) is 6.61 Å². The van der Waals surface area contributed by atoms with E-state index in [-0.39, 0.29) is 0 Å². The van der Waals surface area contributed by atoms with E-state index in [0.29, 0.717) is 23.1 Å². The summed E-state index contributed by atoms with van der Waals surface area (Å²) in [4.78, 5) is 0. The van der Waals surface area contributed by atoms with Crippen LogP contribution in [0.4, 0.5) is 0 Å². The number of halogens is 1. The molecule has 0 saturated carbocycles. The van der Waals surface area contributed by atoms with Gasteiger partial charge in [-0.05, 0) is 18.2 Å². The summed E-state index contributed by atoms with van der Waals surface area (Å²) in [5.74, 6) is 0.865. The fraction of sp³-hybridized carbons (Fsp3) is 0.0769. The maximum Gasteiger partial charge on any atom is 0.707 e. The molecule has 0 heterocycles. The summed E-state index contributed by atoms with van der Waals surface area (Å²) in [7, 11) is -1.85. The summed E-state index contributed by atoms with van der Waals surface area (Å²) in [6.45, 7) is 0.324. The Hall–Kier alpha value is -1.69. The molecule has 98 valence electrons. The van der Waals surface area contributed by atoms with Crippen molar-refractivity contribution in [3.8, 4) is 11.5 Å². The van der Waals surface area contributed by atoms with Gasteiger partial charge in [0, 0.05) is 16.7 Å². The third kappa shape index (κ3) is 4.17. The molecular formula is C13H12BClO4. The van der Waals surface area contributed by atoms with E-state index < -0.39 is 7.32 Å². The lowest BCUT2D eigenvalue weighted by atomic mass is 10.2. The standard InChI is InChI=1S/C13H12BClO4/c15-13-7-2-1-4-10(13)9-18-11-5-3-6-12(8-11)19-14(16)17/h1-8,16-17H,9H2. The first kappa shape index (κ1) is 13.7. The van der Waals surface area contributed by atoms with Crippen LogP contribution in [0, 0.1) is 0 Å². The van der Waals surface area contributed by atoms with Crippen LogP contribution in [0.2, 0.25) is 5.02 Å². The number of hydrogen-bond acceptors (Lipinski definition) is 4. The molecule has 0 fully saturated rings. The highest BCUT2D eigenvalue weighted by atomic mass is 35.5. The molecule has 19 heavy (non-hydrogen) atoms. The second-order valence-electron chi connectivity index (χ2n) is 3.80. The van der Waals surface area contributed by atoms with E-state index in [2.05, 4.69) is 0 Å². The third-order valence-electron chi connectivity index (χ3n) is 2.40. The van der Waals surface area contributed by atoms with Crippen molar-refractivity contribution in [3.63, 3.8) is 0 Å². The fourth-order valence-corrected chi connectivity index (χ4v) is 1.73. The van der Waals surface area contributed by atoms with Gasteiger partial charge in [0.25, 0.3) is 0 Å². The van der Waals surface area contributed by atoms with Crippen LogP contribution in [-0.4, -0.2) is 17.4 Å². The Balaban J connectivity index is 2.02. The molecule has 2 N–H and O–H groups in total. The molecule has 0 atom stereocenters. The van der Waals surface area contributed by atoms with Gasteiger partial charge in [-0.25, -0.2) is 0 Å². The van der Waals surface area contributed by atoms with Crippen molar-refractivity contribution < 1.29 is 19.4 Å². The van der Waals surface area contributed by atoms with E-state index in [9.17, 15) is 0 Å². The number of ether oxygens (including phenoxy) is 1. The van der Waals surface area contributed by atoms with Crippen LogP contribution < -0.4 is 9.39 Å². The molecule has 0 spiro atoms. The van der Waals surface area contributed by atoms with Crippen molar-refractivity contribution in [2.24, 2.45) is 0 Å². The van der Waals surface area contributed by atoms with Gasteiger partial charge in [0.1, 0.15) is 18.1 Å². The molecule has 0 aliphatic rings. The van der Waals surface area contributed by atoms with E-state index >= 15 is 0 Å². The van der Waals surface area contributed by atoms with Gasteiger partial charge in [-0.2, -0.15) is 0 Å². The minimum atomic E-state index is -1.85. The molecule has 6 heteroatoms. The Kier molecular flexibility index (Phi) is 4.68. The minimum absolute atomic E-state index is 0.312. The van der Waals surface area contributed by atoms with Gasteiger partial charge < -0.3 is 19.4 Å². The maximum atomic E-state index is 8.72. The average molecular weight is 278 g/mol. The van der Waals surface area contributed by atoms with E-state index in [1.54, 1.807) is 30.3 Å². The van der Waals surface area contributed by atoms with Gasteiger partial charge in [-0.15, -0.1) is 0 Å². The van der Waals surface area contributed by atoms with Crippen LogP contribution in [0.25, 0.3) is 0 Å². The Morgan fingerprint density at radius 3 is 2.47 bits per heavy atom. The summed E-state index contributed by atoms with van der Waals surface area (Å²) in [5.41, 5.74) is 0.873. The number of hydrogen-bond donors (Lipinski definition) is 2. The predicted octanol–water partition coefficient (Wildman–Crippen LogP) is 2.27. The fourth-order valence-electron chi connectivity index (χ4n) is 1.54. The minimum Gasteiger partial charge on any atom is -0.512 e. The second-order valence-corrected chi connectivity index (χ2v) is 4.21. The SMILES string of the molecule is OB(O)Oc1cccc(OCc2ccccc2Cl)c1. The summed E-state index contributed by atoms with van der Waals surface area (Å²) >= 11 is 6.02. The van der Waals surface area contributed by atoms with Crippen LogP contribution in [0.3, 0.4) is 0 Å². The van der Waals surface area contributed by atoms with Gasteiger partial charge >= 0.3 is 7.32 Å². The summed E-state index contributed by atoms with van der Waals surface area (Å²) in [5, 5.41) is 18.1. The van der Waals surface area contributed by atoms with E-state index in [4.69, 9.17) is 31.0 Å². The molecule has 0 aliphatic heterocycles. The monoisotopic (exact) mass is 278 g/mol. The van der Waals surface area contributed by atoms with Crippen LogP contribution in [0.5, 0.6) is 11.5 Å². The van der Waals surface area contributed by atoms with Crippen molar-refractivity contribution >= 4 is 18.9 Å². The molecule has 0 radical (unpaired) electrons. The zero-order valence-electron chi connectivity index (χ0n) is 9.99. The zero-order valence-corrected chi connectivity index (χ0v) is 10.7. The van der Waals surface area contributed by atoms with Crippen molar-refractivity contribution in [1.29, 1.82) is 0 Å². The lowest BCUT2D eigenvalue weighted by Gasteiger charge is -2.10. The highest BCUT2D eigenvalue weighted by Crippen LogP contribution is 2.22. The Labute approximate surface area is 116 Å². The Morgan fingerprint density at radius 2 is 1.74 bits per heavy atom. The smallest absolute Gasteiger partial charge is 0.512 e. The molecule has 0 bridgehead atoms. The Morgan fingerprint density at radius 1 is 1.00 bits per heavy atom. The molecule has 2 rings (SSSR count). The van der Waals surface area contributed by atoms with Crippen molar-refractivity contribution in [2.75, 3.05) is 0 Å². The molecule has 0 amide bonds. The van der Waals surface area contributed by atoms with Crippen LogP contribution in [0.15, 0.2) is 48.5 Å². The van der Waals surface area contributed by atoms with Crippen molar-refractivity contribution in [3.05, 3.63) is 59.1 Å². The largest absolute Gasteiger partial charge is 0.707 e. The average Bonchev–Trinajstić information content (AvgIpc) is 2.37. The van der Waals surface area contributed by atoms with E-state index in [1.807, 2.05) is 18.2 Å². The van der Waals surface area contributed by atoms with Crippen molar-refractivity contribution in [1.82, 2.24) is 0 Å². The molecule has 0 aromatic heterocycles. The number of benzene rings is 2. The molecule has 0 saturated heterocycles. The van der Waals surface area contributed by atoms with E-state index in [0.717, 1.165) is 5.56 Å². The highest BCUT2D eigenvalue weighted by Gasteiger charge is 2.11. The first-order valence-electron chi connectivity index (χ1n) is 5.64. The Bertz CT molecular complexity index is 548. The van der Waals surface area contributed by atoms with Gasteiger partial charge in [0.2, 0.25) is 0 Å². The lowest BCUT2D eigenvalue weighted by Crippen LogP contribution is -2.20. The molecule has 2 aromatic rings. The quantitative estimate of drug-likeness (QED) is 0.824. The van der Waals surface area contributed by atoms with Gasteiger partial charge in [-0.1, -0.05) is 35.9 Å². The first-order valence-corrected chi connectivity index (χ1v) is 6.02. The number of rotatable bonds is 5.